The molecule has 1 fully saturated rings. The highest BCUT2D eigenvalue weighted by atomic mass is 16.5. The van der Waals surface area contributed by atoms with Gasteiger partial charge >= 0.3 is 0 Å². The summed E-state index contributed by atoms with van der Waals surface area (Å²) in [6, 6.07) is 17.4. The van der Waals surface area contributed by atoms with Crippen LogP contribution in [0.2, 0.25) is 0 Å². The molecule has 0 amide bonds. The van der Waals surface area contributed by atoms with E-state index >= 15 is 0 Å². The Kier molecular flexibility index (Phi) is 5.96. The fraction of sp³-hybridized carbons (Fsp3) is 0.385. The van der Waals surface area contributed by atoms with Gasteiger partial charge in [-0.1, -0.05) is 24.3 Å². The molecule has 1 aromatic heterocycles. The highest BCUT2D eigenvalue weighted by Crippen LogP contribution is 2.25. The number of methoxy groups -OCH3 is 1. The second-order valence-electron chi connectivity index (χ2n) is 8.66. The quantitative estimate of drug-likeness (QED) is 0.627. The minimum absolute atomic E-state index is 0.640. The molecule has 0 N–H and O–H groups in total. The maximum atomic E-state index is 5.23. The Bertz CT molecular complexity index is 1000. The second kappa shape index (κ2) is 9.16. The molecule has 0 saturated carbocycles. The van der Waals surface area contributed by atoms with Gasteiger partial charge in [0.15, 0.2) is 5.82 Å². The lowest BCUT2D eigenvalue weighted by atomic mass is 9.96. The molecule has 1 unspecified atom stereocenters. The van der Waals surface area contributed by atoms with Gasteiger partial charge in [0.05, 0.1) is 7.11 Å². The highest BCUT2D eigenvalue weighted by molar-refractivity contribution is 5.55. The molecular formula is C26H30N4O. The van der Waals surface area contributed by atoms with Crippen LogP contribution in [0, 0.1) is 0 Å². The Morgan fingerprint density at radius 2 is 1.74 bits per heavy atom. The van der Waals surface area contributed by atoms with Crippen LogP contribution in [0.3, 0.4) is 0 Å². The van der Waals surface area contributed by atoms with Crippen molar-refractivity contribution >= 4 is 0 Å². The Morgan fingerprint density at radius 3 is 2.52 bits per heavy atom. The average Bonchev–Trinajstić information content (AvgIpc) is 2.84. The van der Waals surface area contributed by atoms with Crippen molar-refractivity contribution in [2.45, 2.75) is 38.4 Å². The van der Waals surface area contributed by atoms with Gasteiger partial charge in [0.1, 0.15) is 5.75 Å². The van der Waals surface area contributed by atoms with E-state index in [4.69, 9.17) is 4.74 Å². The zero-order chi connectivity index (χ0) is 21.0. The molecule has 0 radical (unpaired) electrons. The summed E-state index contributed by atoms with van der Waals surface area (Å²) in [5, 5.41) is 0. The molecule has 31 heavy (non-hydrogen) atoms. The first-order valence-electron chi connectivity index (χ1n) is 11.3. The van der Waals surface area contributed by atoms with E-state index in [0.717, 1.165) is 43.3 Å². The highest BCUT2D eigenvalue weighted by Gasteiger charge is 2.27. The predicted octanol–water partition coefficient (Wildman–Crippen LogP) is 4.17. The van der Waals surface area contributed by atoms with Gasteiger partial charge in [0.2, 0.25) is 0 Å². The van der Waals surface area contributed by atoms with Crippen LogP contribution in [0.25, 0.3) is 11.4 Å². The molecule has 0 bridgehead atoms. The fourth-order valence-electron chi connectivity index (χ4n) is 4.89. The summed E-state index contributed by atoms with van der Waals surface area (Å²) in [4.78, 5) is 14.5. The molecule has 5 rings (SSSR count). The summed E-state index contributed by atoms with van der Waals surface area (Å²) in [5.41, 5.74) is 5.23. The number of hydrogen-bond acceptors (Lipinski definition) is 5. The smallest absolute Gasteiger partial charge is 0.159 e. The number of likely N-dealkylation sites (tertiary alicyclic amines) is 1. The number of ether oxygens (including phenoxy) is 1. The van der Waals surface area contributed by atoms with E-state index in [9.17, 15) is 0 Å². The first-order valence-corrected chi connectivity index (χ1v) is 11.3. The van der Waals surface area contributed by atoms with Crippen LogP contribution in [-0.4, -0.2) is 52.6 Å². The molecule has 0 spiro atoms. The topological polar surface area (TPSA) is 41.5 Å². The summed E-state index contributed by atoms with van der Waals surface area (Å²) in [6.45, 7) is 5.47. The lowest BCUT2D eigenvalue weighted by molar-refractivity contribution is 0.0837. The number of rotatable bonds is 5. The molecule has 2 aliphatic heterocycles. The van der Waals surface area contributed by atoms with Crippen LogP contribution in [0.15, 0.2) is 60.9 Å². The first-order chi connectivity index (χ1) is 15.3. The van der Waals surface area contributed by atoms with Crippen LogP contribution < -0.4 is 4.74 Å². The maximum absolute atomic E-state index is 5.23. The fourth-order valence-corrected chi connectivity index (χ4v) is 4.89. The van der Waals surface area contributed by atoms with Crippen LogP contribution in [0.1, 0.15) is 29.5 Å². The molecule has 0 aliphatic carbocycles. The molecule has 1 saturated heterocycles. The Morgan fingerprint density at radius 1 is 0.968 bits per heavy atom. The summed E-state index contributed by atoms with van der Waals surface area (Å²) in [6.07, 6.45) is 7.69. The zero-order valence-electron chi connectivity index (χ0n) is 18.2. The summed E-state index contributed by atoms with van der Waals surface area (Å²) in [5.74, 6) is 1.60. The monoisotopic (exact) mass is 414 g/mol. The minimum Gasteiger partial charge on any atom is -0.497 e. The van der Waals surface area contributed by atoms with E-state index in [1.54, 1.807) is 7.11 Å². The normalized spacial score (nSPS) is 19.7. The number of benzene rings is 2. The van der Waals surface area contributed by atoms with E-state index in [1.807, 2.05) is 36.7 Å². The van der Waals surface area contributed by atoms with Crippen molar-refractivity contribution in [3.63, 3.8) is 0 Å². The van der Waals surface area contributed by atoms with Crippen LogP contribution in [0.4, 0.5) is 0 Å². The van der Waals surface area contributed by atoms with Crippen LogP contribution >= 0.6 is 0 Å². The molecule has 2 aliphatic rings. The average molecular weight is 415 g/mol. The van der Waals surface area contributed by atoms with Crippen molar-refractivity contribution < 1.29 is 4.74 Å². The molecule has 5 nitrogen and oxygen atoms in total. The molecule has 2 aromatic carbocycles. The van der Waals surface area contributed by atoms with Gasteiger partial charge in [-0.3, -0.25) is 9.80 Å². The summed E-state index contributed by atoms with van der Waals surface area (Å²) >= 11 is 0. The molecule has 5 heteroatoms. The Balaban J connectivity index is 1.20. The van der Waals surface area contributed by atoms with E-state index in [2.05, 4.69) is 44.0 Å². The van der Waals surface area contributed by atoms with Gasteiger partial charge in [-0.2, -0.15) is 0 Å². The van der Waals surface area contributed by atoms with Crippen molar-refractivity contribution in [1.82, 2.24) is 19.8 Å². The van der Waals surface area contributed by atoms with Gasteiger partial charge in [-0.05, 0) is 61.2 Å². The Hall–Kier alpha value is -2.76. The third kappa shape index (κ3) is 4.63. The maximum Gasteiger partial charge on any atom is 0.159 e. The largest absolute Gasteiger partial charge is 0.497 e. The number of fused-ring (bicyclic) bond motifs is 1. The van der Waals surface area contributed by atoms with Crippen LogP contribution in [0.5, 0.6) is 5.75 Å². The standard InChI is InChI=1S/C26H30N4O/c1-31-25-10-8-22(9-11-25)26-27-15-20(16-28-26)17-29-13-4-7-24(19-29)30-14-12-21-5-2-3-6-23(21)18-30/h2-3,5-6,8-11,15-16,24H,4,7,12-14,17-19H2,1H3. The van der Waals surface area contributed by atoms with E-state index < -0.39 is 0 Å². The zero-order valence-corrected chi connectivity index (χ0v) is 18.2. The Labute approximate surface area is 184 Å². The van der Waals surface area contributed by atoms with Gasteiger partial charge < -0.3 is 4.74 Å². The van der Waals surface area contributed by atoms with Crippen LogP contribution in [-0.2, 0) is 19.5 Å². The molecule has 160 valence electrons. The SMILES string of the molecule is COc1ccc(-c2ncc(CN3CCCC(N4CCc5ccccc5C4)C3)cn2)cc1. The van der Waals surface area contributed by atoms with E-state index in [-0.39, 0.29) is 0 Å². The second-order valence-corrected chi connectivity index (χ2v) is 8.66. The summed E-state index contributed by atoms with van der Waals surface area (Å²) < 4.78 is 5.23. The van der Waals surface area contributed by atoms with Crippen molar-refractivity contribution in [3.8, 4) is 17.1 Å². The van der Waals surface area contributed by atoms with Gasteiger partial charge in [0, 0.05) is 55.7 Å². The number of aromatic nitrogens is 2. The molecule has 3 aromatic rings. The third-order valence-corrected chi connectivity index (χ3v) is 6.62. The van der Waals surface area contributed by atoms with E-state index in [0.29, 0.717) is 6.04 Å². The van der Waals surface area contributed by atoms with Crippen molar-refractivity contribution in [2.24, 2.45) is 0 Å². The number of hydrogen-bond donors (Lipinski definition) is 0. The predicted molar refractivity (Wildman–Crippen MR) is 123 cm³/mol. The van der Waals surface area contributed by atoms with Crippen molar-refractivity contribution in [2.75, 3.05) is 26.7 Å². The number of nitrogens with zero attached hydrogens (tertiary/aromatic N) is 4. The van der Waals surface area contributed by atoms with Gasteiger partial charge in [0.25, 0.3) is 0 Å². The lowest BCUT2D eigenvalue weighted by Crippen LogP contribution is -2.49. The number of piperidine rings is 1. The van der Waals surface area contributed by atoms with Gasteiger partial charge in [-0.25, -0.2) is 9.97 Å². The first kappa shape index (κ1) is 20.2. The lowest BCUT2D eigenvalue weighted by Gasteiger charge is -2.41. The molecule has 1 atom stereocenters. The van der Waals surface area contributed by atoms with Gasteiger partial charge in [-0.15, -0.1) is 0 Å². The molecular weight excluding hydrogens is 384 g/mol. The minimum atomic E-state index is 0.640. The molecule has 3 heterocycles. The van der Waals surface area contributed by atoms with Crippen molar-refractivity contribution in [1.29, 1.82) is 0 Å². The third-order valence-electron chi connectivity index (χ3n) is 6.62. The van der Waals surface area contributed by atoms with E-state index in [1.165, 1.54) is 42.5 Å². The van der Waals surface area contributed by atoms with Crippen molar-refractivity contribution in [3.05, 3.63) is 77.6 Å². The summed E-state index contributed by atoms with van der Waals surface area (Å²) in [7, 11) is 1.68.